The Balaban J connectivity index is 1.60. The molecule has 8 nitrogen and oxygen atoms in total. The molecular formula is C19H28F2N4O4. The Morgan fingerprint density at radius 2 is 1.90 bits per heavy atom. The van der Waals surface area contributed by atoms with E-state index in [-0.39, 0.29) is 24.6 Å². The van der Waals surface area contributed by atoms with E-state index in [0.29, 0.717) is 29.6 Å². The van der Waals surface area contributed by atoms with Crippen LogP contribution >= 0.6 is 0 Å². The monoisotopic (exact) mass is 414 g/mol. The summed E-state index contributed by atoms with van der Waals surface area (Å²) in [6.07, 6.45) is 0. The van der Waals surface area contributed by atoms with Gasteiger partial charge in [-0.15, -0.1) is 0 Å². The molecular weight excluding hydrogens is 386 g/mol. The highest BCUT2D eigenvalue weighted by Gasteiger charge is 2.28. The summed E-state index contributed by atoms with van der Waals surface area (Å²) in [5.74, 6) is 1.49. The Hall–Kier alpha value is -2.33. The normalized spacial score (nSPS) is 17.5. The van der Waals surface area contributed by atoms with Gasteiger partial charge in [0.2, 0.25) is 6.79 Å². The molecule has 0 unspecified atom stereocenters. The minimum Gasteiger partial charge on any atom is -0.454 e. The Morgan fingerprint density at radius 1 is 1.21 bits per heavy atom. The molecule has 2 aliphatic heterocycles. The summed E-state index contributed by atoms with van der Waals surface area (Å²) in [5.41, 5.74) is 0.425. The molecule has 0 aliphatic carbocycles. The second kappa shape index (κ2) is 9.45. The average Bonchev–Trinajstić information content (AvgIpc) is 3.15. The van der Waals surface area contributed by atoms with E-state index in [1.807, 2.05) is 0 Å². The van der Waals surface area contributed by atoms with E-state index < -0.39 is 6.61 Å². The minimum absolute atomic E-state index is 0.0425. The van der Waals surface area contributed by atoms with Crippen molar-refractivity contribution >= 4 is 5.96 Å². The number of hydrogen-bond donors (Lipinski definition) is 2. The van der Waals surface area contributed by atoms with Gasteiger partial charge in [-0.3, -0.25) is 9.89 Å². The van der Waals surface area contributed by atoms with Gasteiger partial charge in [0.15, 0.2) is 17.5 Å². The van der Waals surface area contributed by atoms with E-state index in [9.17, 15) is 8.78 Å². The Morgan fingerprint density at radius 3 is 2.55 bits per heavy atom. The highest BCUT2D eigenvalue weighted by Crippen LogP contribution is 2.38. The molecule has 0 spiro atoms. The predicted molar refractivity (Wildman–Crippen MR) is 104 cm³/mol. The second-order valence-electron chi connectivity index (χ2n) is 7.38. The molecule has 3 rings (SSSR count). The van der Waals surface area contributed by atoms with Crippen molar-refractivity contribution in [2.45, 2.75) is 32.5 Å². The van der Waals surface area contributed by atoms with Crippen LogP contribution in [0.25, 0.3) is 0 Å². The van der Waals surface area contributed by atoms with Crippen LogP contribution in [0.2, 0.25) is 0 Å². The van der Waals surface area contributed by atoms with Crippen molar-refractivity contribution in [1.29, 1.82) is 0 Å². The first-order valence-electron chi connectivity index (χ1n) is 9.54. The number of guanidine groups is 1. The summed E-state index contributed by atoms with van der Waals surface area (Å²) in [4.78, 5) is 6.59. The van der Waals surface area contributed by atoms with Gasteiger partial charge in [0.05, 0.1) is 13.2 Å². The fourth-order valence-electron chi connectivity index (χ4n) is 3.29. The first-order valence-corrected chi connectivity index (χ1v) is 9.54. The first-order chi connectivity index (χ1) is 13.9. The largest absolute Gasteiger partial charge is 0.454 e. The van der Waals surface area contributed by atoms with Crippen LogP contribution in [0.5, 0.6) is 17.2 Å². The molecule has 2 N–H and O–H groups in total. The van der Waals surface area contributed by atoms with Gasteiger partial charge >= 0.3 is 6.61 Å². The lowest BCUT2D eigenvalue weighted by Gasteiger charge is -2.41. The Labute approximate surface area is 169 Å². The maximum absolute atomic E-state index is 12.8. The van der Waals surface area contributed by atoms with Crippen LogP contribution in [-0.2, 0) is 11.3 Å². The van der Waals surface area contributed by atoms with Crippen LogP contribution < -0.4 is 24.8 Å². The Kier molecular flexibility index (Phi) is 6.96. The summed E-state index contributed by atoms with van der Waals surface area (Å²) in [6, 6.07) is 3.06. The fraction of sp³-hybridized carbons (Fsp3) is 0.632. The predicted octanol–water partition coefficient (Wildman–Crippen LogP) is 1.79. The lowest BCUT2D eigenvalue weighted by Crippen LogP contribution is -2.56. The van der Waals surface area contributed by atoms with Crippen LogP contribution in [0.1, 0.15) is 19.4 Å². The summed E-state index contributed by atoms with van der Waals surface area (Å²) in [6.45, 7) is 5.56. The average molecular weight is 414 g/mol. The van der Waals surface area contributed by atoms with E-state index in [0.717, 1.165) is 26.3 Å². The van der Waals surface area contributed by atoms with Crippen LogP contribution in [0.15, 0.2) is 17.1 Å². The molecule has 0 amide bonds. The molecule has 2 heterocycles. The first kappa shape index (κ1) is 21.4. The maximum Gasteiger partial charge on any atom is 0.387 e. The van der Waals surface area contributed by atoms with Crippen LogP contribution in [-0.4, -0.2) is 69.7 Å². The molecule has 1 aromatic rings. The van der Waals surface area contributed by atoms with Crippen LogP contribution in [0.3, 0.4) is 0 Å². The number of morpholine rings is 1. The van der Waals surface area contributed by atoms with Crippen molar-refractivity contribution in [2.75, 3.05) is 46.7 Å². The van der Waals surface area contributed by atoms with Crippen molar-refractivity contribution in [3.8, 4) is 17.2 Å². The minimum atomic E-state index is -2.93. The molecule has 29 heavy (non-hydrogen) atoms. The number of alkyl halides is 2. The fourth-order valence-corrected chi connectivity index (χ4v) is 3.29. The molecule has 1 aromatic carbocycles. The van der Waals surface area contributed by atoms with Crippen molar-refractivity contribution in [1.82, 2.24) is 15.5 Å². The van der Waals surface area contributed by atoms with Crippen molar-refractivity contribution in [3.05, 3.63) is 17.7 Å². The number of hydrogen-bond acceptors (Lipinski definition) is 6. The molecule has 0 radical (unpaired) electrons. The number of halogens is 2. The van der Waals surface area contributed by atoms with Crippen molar-refractivity contribution in [3.63, 3.8) is 0 Å². The second-order valence-corrected chi connectivity index (χ2v) is 7.38. The number of benzene rings is 1. The van der Waals surface area contributed by atoms with E-state index in [2.05, 4.69) is 39.1 Å². The summed E-state index contributed by atoms with van der Waals surface area (Å²) >= 11 is 0. The number of nitrogens with zero attached hydrogens (tertiary/aromatic N) is 2. The lowest BCUT2D eigenvalue weighted by atomic mass is 10.0. The number of fused-ring (bicyclic) bond motifs is 1. The van der Waals surface area contributed by atoms with Crippen molar-refractivity contribution < 1.29 is 27.7 Å². The van der Waals surface area contributed by atoms with E-state index in [1.54, 1.807) is 13.1 Å². The number of ether oxygens (including phenoxy) is 4. The molecule has 0 saturated carbocycles. The van der Waals surface area contributed by atoms with Gasteiger partial charge in [-0.1, -0.05) is 0 Å². The van der Waals surface area contributed by atoms with Gasteiger partial charge in [0, 0.05) is 50.4 Å². The number of nitrogens with one attached hydrogen (secondary N) is 2. The molecule has 0 bridgehead atoms. The summed E-state index contributed by atoms with van der Waals surface area (Å²) in [7, 11) is 1.66. The van der Waals surface area contributed by atoms with Gasteiger partial charge in [-0.2, -0.15) is 8.78 Å². The van der Waals surface area contributed by atoms with Crippen LogP contribution in [0, 0.1) is 0 Å². The highest BCUT2D eigenvalue weighted by atomic mass is 19.3. The van der Waals surface area contributed by atoms with Gasteiger partial charge in [-0.05, 0) is 19.9 Å². The molecule has 0 atom stereocenters. The molecule has 1 saturated heterocycles. The van der Waals surface area contributed by atoms with E-state index >= 15 is 0 Å². The quantitative estimate of drug-likeness (QED) is 0.520. The lowest BCUT2D eigenvalue weighted by molar-refractivity contribution is -0.0505. The van der Waals surface area contributed by atoms with Gasteiger partial charge in [0.1, 0.15) is 5.75 Å². The number of rotatable bonds is 7. The maximum atomic E-state index is 12.8. The Bertz CT molecular complexity index is 724. The number of aliphatic imine (C=N–C) groups is 1. The summed E-state index contributed by atoms with van der Waals surface area (Å²) < 4.78 is 46.2. The molecule has 2 aliphatic rings. The molecule has 162 valence electrons. The zero-order valence-corrected chi connectivity index (χ0v) is 17.0. The van der Waals surface area contributed by atoms with Crippen LogP contribution in [0.4, 0.5) is 8.78 Å². The standard InChI is InChI=1S/C19H28F2N4O4/c1-19(2,25-4-6-26-7-5-25)11-24-18(22-3)23-10-13-8-15-16(28-12-27-15)9-14(13)29-17(20)21/h8-9,17H,4-7,10-12H2,1-3H3,(H2,22,23,24). The summed E-state index contributed by atoms with van der Waals surface area (Å²) in [5, 5.41) is 6.44. The van der Waals surface area contributed by atoms with Gasteiger partial charge in [0.25, 0.3) is 0 Å². The topological polar surface area (TPSA) is 76.6 Å². The molecule has 10 heteroatoms. The van der Waals surface area contributed by atoms with Crippen molar-refractivity contribution in [2.24, 2.45) is 4.99 Å². The SMILES string of the molecule is CN=C(NCc1cc2c(cc1OC(F)F)OCO2)NCC(C)(C)N1CCOCC1. The molecule has 1 fully saturated rings. The highest BCUT2D eigenvalue weighted by molar-refractivity contribution is 5.79. The molecule has 0 aromatic heterocycles. The zero-order chi connectivity index (χ0) is 20.9. The van der Waals surface area contributed by atoms with Gasteiger partial charge in [-0.25, -0.2) is 0 Å². The van der Waals surface area contributed by atoms with E-state index in [4.69, 9.17) is 14.2 Å². The third-order valence-electron chi connectivity index (χ3n) is 5.00. The van der Waals surface area contributed by atoms with E-state index in [1.165, 1.54) is 6.07 Å². The third kappa shape index (κ3) is 5.60. The smallest absolute Gasteiger partial charge is 0.387 e. The van der Waals surface area contributed by atoms with Gasteiger partial charge < -0.3 is 29.6 Å². The zero-order valence-electron chi connectivity index (χ0n) is 17.0. The third-order valence-corrected chi connectivity index (χ3v) is 5.00.